The number of aryl methyl sites for hydroxylation is 1. The van der Waals surface area contributed by atoms with Crippen LogP contribution in [-0.4, -0.2) is 15.9 Å². The van der Waals surface area contributed by atoms with Gasteiger partial charge >= 0.3 is 0 Å². The maximum atomic E-state index is 12.5. The van der Waals surface area contributed by atoms with Gasteiger partial charge in [-0.25, -0.2) is 4.98 Å². The van der Waals surface area contributed by atoms with Crippen LogP contribution in [0.25, 0.3) is 0 Å². The van der Waals surface area contributed by atoms with Gasteiger partial charge in [0.2, 0.25) is 0 Å². The van der Waals surface area contributed by atoms with Crippen molar-refractivity contribution in [1.82, 2.24) is 15.3 Å². The van der Waals surface area contributed by atoms with Crippen molar-refractivity contribution in [3.05, 3.63) is 89.5 Å². The number of imidazole rings is 1. The molecule has 1 atom stereocenters. The van der Waals surface area contributed by atoms with Gasteiger partial charge in [-0.05, 0) is 24.6 Å². The Bertz CT molecular complexity index is 749. The summed E-state index contributed by atoms with van der Waals surface area (Å²) >= 11 is 0. The van der Waals surface area contributed by atoms with Crippen molar-refractivity contribution in [2.24, 2.45) is 0 Å². The van der Waals surface area contributed by atoms with Crippen molar-refractivity contribution in [2.45, 2.75) is 19.4 Å². The van der Waals surface area contributed by atoms with Crippen molar-refractivity contribution in [1.29, 1.82) is 0 Å². The molecule has 2 aromatic carbocycles. The predicted octanol–water partition coefficient (Wildman–Crippen LogP) is 3.43. The highest BCUT2D eigenvalue weighted by atomic mass is 16.1. The van der Waals surface area contributed by atoms with E-state index in [2.05, 4.69) is 15.3 Å². The molecule has 0 aliphatic rings. The van der Waals surface area contributed by atoms with E-state index in [4.69, 9.17) is 0 Å². The van der Waals surface area contributed by atoms with Crippen LogP contribution in [0.3, 0.4) is 0 Å². The number of nitrogens with one attached hydrogen (secondary N) is 2. The molecule has 4 nitrogen and oxygen atoms in total. The molecule has 0 radical (unpaired) electrons. The third kappa shape index (κ3) is 3.86. The number of carbonyl (C=O) groups excluding carboxylic acids is 1. The molecule has 3 aromatic rings. The lowest BCUT2D eigenvalue weighted by molar-refractivity contribution is 0.0936. The molecule has 0 aliphatic heterocycles. The van der Waals surface area contributed by atoms with E-state index in [1.54, 1.807) is 12.4 Å². The molecule has 0 saturated carbocycles. The Morgan fingerprint density at radius 2 is 1.87 bits per heavy atom. The number of benzene rings is 2. The number of amides is 1. The highest BCUT2D eigenvalue weighted by Gasteiger charge is 2.17. The van der Waals surface area contributed by atoms with E-state index < -0.39 is 0 Å². The van der Waals surface area contributed by atoms with E-state index in [-0.39, 0.29) is 11.9 Å². The minimum Gasteiger partial charge on any atom is -0.349 e. The van der Waals surface area contributed by atoms with Crippen molar-refractivity contribution >= 4 is 5.91 Å². The molecule has 0 spiro atoms. The number of hydrogen-bond donors (Lipinski definition) is 2. The molecular formula is C19H19N3O. The van der Waals surface area contributed by atoms with Crippen LogP contribution in [0.1, 0.15) is 33.4 Å². The first-order chi connectivity index (χ1) is 11.2. The number of nitrogens with zero attached hydrogens (tertiary/aromatic N) is 1. The first kappa shape index (κ1) is 15.0. The second-order valence-electron chi connectivity index (χ2n) is 5.54. The largest absolute Gasteiger partial charge is 0.349 e. The van der Waals surface area contributed by atoms with E-state index in [1.165, 1.54) is 0 Å². The third-order valence-electron chi connectivity index (χ3n) is 3.77. The van der Waals surface area contributed by atoms with Gasteiger partial charge in [0.15, 0.2) is 0 Å². The van der Waals surface area contributed by atoms with E-state index in [0.717, 1.165) is 17.0 Å². The summed E-state index contributed by atoms with van der Waals surface area (Å²) in [5.41, 5.74) is 2.86. The lowest BCUT2D eigenvalue weighted by Crippen LogP contribution is -2.30. The lowest BCUT2D eigenvalue weighted by atomic mass is 10.0. The van der Waals surface area contributed by atoms with Gasteiger partial charge in [0.1, 0.15) is 5.82 Å². The van der Waals surface area contributed by atoms with Gasteiger partial charge < -0.3 is 10.3 Å². The van der Waals surface area contributed by atoms with Crippen LogP contribution >= 0.6 is 0 Å². The zero-order chi connectivity index (χ0) is 16.1. The average molecular weight is 305 g/mol. The Morgan fingerprint density at radius 3 is 2.52 bits per heavy atom. The fourth-order valence-corrected chi connectivity index (χ4v) is 2.49. The van der Waals surface area contributed by atoms with Gasteiger partial charge in [-0.1, -0.05) is 48.0 Å². The van der Waals surface area contributed by atoms with Crippen LogP contribution in [0.5, 0.6) is 0 Å². The Labute approximate surface area is 135 Å². The van der Waals surface area contributed by atoms with Gasteiger partial charge in [0.25, 0.3) is 5.91 Å². The minimum absolute atomic E-state index is 0.0783. The molecule has 3 rings (SSSR count). The number of aromatic amines is 1. The summed E-state index contributed by atoms with van der Waals surface area (Å²) < 4.78 is 0. The Balaban J connectivity index is 1.80. The third-order valence-corrected chi connectivity index (χ3v) is 3.77. The van der Waals surface area contributed by atoms with Crippen LogP contribution in [-0.2, 0) is 6.42 Å². The summed E-state index contributed by atoms with van der Waals surface area (Å²) in [5.74, 6) is 0.772. The standard InChI is InChI=1S/C19H19N3O/c1-14-7-9-16(10-8-14)19(23)22-17(13-18-20-11-12-21-18)15-5-3-2-4-6-15/h2-12,17H,13H2,1H3,(H,20,21)(H,22,23). The summed E-state index contributed by atoms with van der Waals surface area (Å²) in [5, 5.41) is 3.11. The second kappa shape index (κ2) is 6.92. The second-order valence-corrected chi connectivity index (χ2v) is 5.54. The van der Waals surface area contributed by atoms with Gasteiger partial charge in [0, 0.05) is 24.4 Å². The summed E-state index contributed by atoms with van der Waals surface area (Å²) in [6.45, 7) is 2.01. The van der Waals surface area contributed by atoms with Crippen molar-refractivity contribution in [3.8, 4) is 0 Å². The Hall–Kier alpha value is -2.88. The topological polar surface area (TPSA) is 57.8 Å². The molecule has 0 bridgehead atoms. The zero-order valence-electron chi connectivity index (χ0n) is 13.0. The zero-order valence-corrected chi connectivity index (χ0v) is 13.0. The normalized spacial score (nSPS) is 11.9. The van der Waals surface area contributed by atoms with E-state index >= 15 is 0 Å². The first-order valence-electron chi connectivity index (χ1n) is 7.63. The molecule has 0 fully saturated rings. The Kier molecular flexibility index (Phi) is 4.52. The molecule has 0 saturated heterocycles. The summed E-state index contributed by atoms with van der Waals surface area (Å²) in [4.78, 5) is 19.9. The average Bonchev–Trinajstić information content (AvgIpc) is 3.09. The molecule has 4 heteroatoms. The van der Waals surface area contributed by atoms with Crippen LogP contribution < -0.4 is 5.32 Å². The van der Waals surface area contributed by atoms with Crippen molar-refractivity contribution in [2.75, 3.05) is 0 Å². The molecule has 23 heavy (non-hydrogen) atoms. The van der Waals surface area contributed by atoms with Crippen LogP contribution in [0.2, 0.25) is 0 Å². The highest BCUT2D eigenvalue weighted by molar-refractivity contribution is 5.94. The number of H-pyrrole nitrogens is 1. The first-order valence-corrected chi connectivity index (χ1v) is 7.63. The van der Waals surface area contributed by atoms with Crippen molar-refractivity contribution in [3.63, 3.8) is 0 Å². The lowest BCUT2D eigenvalue weighted by Gasteiger charge is -2.18. The maximum absolute atomic E-state index is 12.5. The Morgan fingerprint density at radius 1 is 1.13 bits per heavy atom. The fourth-order valence-electron chi connectivity index (χ4n) is 2.49. The van der Waals surface area contributed by atoms with Gasteiger partial charge in [-0.2, -0.15) is 0 Å². The number of aromatic nitrogens is 2. The van der Waals surface area contributed by atoms with E-state index in [1.807, 2.05) is 61.5 Å². The van der Waals surface area contributed by atoms with E-state index in [9.17, 15) is 4.79 Å². The van der Waals surface area contributed by atoms with Crippen LogP contribution in [0, 0.1) is 6.92 Å². The molecule has 1 amide bonds. The SMILES string of the molecule is Cc1ccc(C(=O)NC(Cc2ncc[nH]2)c2ccccc2)cc1. The van der Waals surface area contributed by atoms with Gasteiger partial charge in [-0.3, -0.25) is 4.79 Å². The monoisotopic (exact) mass is 305 g/mol. The number of rotatable bonds is 5. The predicted molar refractivity (Wildman–Crippen MR) is 90.1 cm³/mol. The van der Waals surface area contributed by atoms with Gasteiger partial charge in [0.05, 0.1) is 6.04 Å². The summed E-state index contributed by atoms with van der Waals surface area (Å²) in [7, 11) is 0. The smallest absolute Gasteiger partial charge is 0.251 e. The van der Waals surface area contributed by atoms with Crippen LogP contribution in [0.15, 0.2) is 67.0 Å². The molecule has 116 valence electrons. The highest BCUT2D eigenvalue weighted by Crippen LogP contribution is 2.17. The molecule has 1 heterocycles. The van der Waals surface area contributed by atoms with Crippen LogP contribution in [0.4, 0.5) is 0 Å². The van der Waals surface area contributed by atoms with Crippen molar-refractivity contribution < 1.29 is 4.79 Å². The maximum Gasteiger partial charge on any atom is 0.251 e. The molecule has 1 aromatic heterocycles. The molecule has 2 N–H and O–H groups in total. The van der Waals surface area contributed by atoms with E-state index in [0.29, 0.717) is 12.0 Å². The molecule has 1 unspecified atom stereocenters. The number of carbonyl (C=O) groups is 1. The minimum atomic E-state index is -0.129. The fraction of sp³-hybridized carbons (Fsp3) is 0.158. The van der Waals surface area contributed by atoms with Gasteiger partial charge in [-0.15, -0.1) is 0 Å². The summed E-state index contributed by atoms with van der Waals surface area (Å²) in [6, 6.07) is 17.4. The molecular weight excluding hydrogens is 286 g/mol. The summed E-state index contributed by atoms with van der Waals surface area (Å²) in [6.07, 6.45) is 4.13. The molecule has 0 aliphatic carbocycles. The quantitative estimate of drug-likeness (QED) is 0.758. The number of hydrogen-bond acceptors (Lipinski definition) is 2.